The van der Waals surface area contributed by atoms with Gasteiger partial charge in [-0.15, -0.1) is 0 Å². The van der Waals surface area contributed by atoms with E-state index in [1.54, 1.807) is 13.0 Å². The molecule has 0 radical (unpaired) electrons. The molecule has 0 aromatic heterocycles. The summed E-state index contributed by atoms with van der Waals surface area (Å²) in [6.45, 7) is 3.66. The third-order valence-corrected chi connectivity index (χ3v) is 5.50. The maximum absolute atomic E-state index is 11.1. The summed E-state index contributed by atoms with van der Waals surface area (Å²) in [4.78, 5) is 18.2. The van der Waals surface area contributed by atoms with Crippen molar-refractivity contribution in [3.05, 3.63) is 58.6 Å². The Balaban J connectivity index is 1.94. The number of benzene rings is 2. The van der Waals surface area contributed by atoms with Crippen LogP contribution in [0.1, 0.15) is 30.9 Å². The topological polar surface area (TPSA) is 92.8 Å². The summed E-state index contributed by atoms with van der Waals surface area (Å²) in [5.41, 5.74) is 7.15. The average molecular weight is 398 g/mol. The van der Waals surface area contributed by atoms with E-state index in [2.05, 4.69) is 0 Å². The van der Waals surface area contributed by atoms with Crippen LogP contribution in [-0.4, -0.2) is 21.5 Å². The minimum atomic E-state index is -4.12. The standard InChI is InChI=1S/C19H25ClNO4P/c1-14-5-3-7-16(11-14)25-17-9-8-15(18(20)12-17)6-4-10-19(2,21)13-26(22,23)24/h3,5,7-9,11-12H,4,6,10,13,21H2,1-2H3,(H2,22,23,24). The molecule has 0 heterocycles. The number of hydrogen-bond acceptors (Lipinski definition) is 3. The van der Waals surface area contributed by atoms with Gasteiger partial charge in [0.1, 0.15) is 11.5 Å². The molecule has 4 N–H and O–H groups in total. The minimum Gasteiger partial charge on any atom is -0.457 e. The molecular formula is C19H25ClNO4P. The molecule has 0 aliphatic carbocycles. The summed E-state index contributed by atoms with van der Waals surface area (Å²) < 4.78 is 16.9. The fourth-order valence-corrected chi connectivity index (χ4v) is 4.21. The Hall–Kier alpha value is -1.36. The highest BCUT2D eigenvalue weighted by Gasteiger charge is 2.28. The molecular weight excluding hydrogens is 373 g/mol. The molecule has 0 saturated carbocycles. The lowest BCUT2D eigenvalue weighted by atomic mass is 9.96. The van der Waals surface area contributed by atoms with E-state index in [1.807, 2.05) is 43.3 Å². The molecule has 2 aromatic carbocycles. The summed E-state index contributed by atoms with van der Waals surface area (Å²) in [6, 6.07) is 13.3. The van der Waals surface area contributed by atoms with E-state index in [4.69, 9.17) is 31.9 Å². The van der Waals surface area contributed by atoms with Gasteiger partial charge in [0.25, 0.3) is 0 Å². The molecule has 0 fully saturated rings. The largest absolute Gasteiger partial charge is 0.457 e. The van der Waals surface area contributed by atoms with Gasteiger partial charge in [-0.3, -0.25) is 4.57 Å². The van der Waals surface area contributed by atoms with E-state index in [9.17, 15) is 4.57 Å². The Morgan fingerprint density at radius 2 is 1.88 bits per heavy atom. The van der Waals surface area contributed by atoms with E-state index in [-0.39, 0.29) is 6.16 Å². The van der Waals surface area contributed by atoms with Crippen molar-refractivity contribution < 1.29 is 19.1 Å². The van der Waals surface area contributed by atoms with Crippen LogP contribution in [0, 0.1) is 6.92 Å². The lowest BCUT2D eigenvalue weighted by Crippen LogP contribution is -2.40. The second-order valence-electron chi connectivity index (χ2n) is 7.00. The molecule has 0 aliphatic rings. The van der Waals surface area contributed by atoms with Gasteiger partial charge in [-0.05, 0) is 68.5 Å². The van der Waals surface area contributed by atoms with E-state index >= 15 is 0 Å². The highest BCUT2D eigenvalue weighted by atomic mass is 35.5. The Kier molecular flexibility index (Phi) is 6.89. The third-order valence-electron chi connectivity index (χ3n) is 4.01. The Morgan fingerprint density at radius 3 is 2.50 bits per heavy atom. The second kappa shape index (κ2) is 8.55. The summed E-state index contributed by atoms with van der Waals surface area (Å²) in [6.07, 6.45) is 1.54. The second-order valence-corrected chi connectivity index (χ2v) is 9.05. The molecule has 142 valence electrons. The highest BCUT2D eigenvalue weighted by molar-refractivity contribution is 7.51. The molecule has 2 aromatic rings. The smallest absolute Gasteiger partial charge is 0.327 e. The maximum Gasteiger partial charge on any atom is 0.327 e. The first-order valence-electron chi connectivity index (χ1n) is 8.40. The summed E-state index contributed by atoms with van der Waals surface area (Å²) >= 11 is 6.35. The minimum absolute atomic E-state index is 0.322. The summed E-state index contributed by atoms with van der Waals surface area (Å²) in [7, 11) is -4.12. The van der Waals surface area contributed by atoms with E-state index in [1.165, 1.54) is 0 Å². The van der Waals surface area contributed by atoms with Crippen molar-refractivity contribution in [3.8, 4) is 11.5 Å². The number of halogens is 1. The Labute approximate surface area is 159 Å². The van der Waals surface area contributed by atoms with Crippen molar-refractivity contribution in [1.29, 1.82) is 0 Å². The predicted octanol–water partition coefficient (Wildman–Crippen LogP) is 4.66. The van der Waals surface area contributed by atoms with Crippen molar-refractivity contribution in [3.63, 3.8) is 0 Å². The van der Waals surface area contributed by atoms with E-state index in [0.29, 0.717) is 30.0 Å². The van der Waals surface area contributed by atoms with Crippen molar-refractivity contribution in [2.45, 2.75) is 38.6 Å². The monoisotopic (exact) mass is 397 g/mol. The van der Waals surface area contributed by atoms with Crippen LogP contribution in [0.5, 0.6) is 11.5 Å². The molecule has 2 rings (SSSR count). The molecule has 1 unspecified atom stereocenters. The van der Waals surface area contributed by atoms with E-state index < -0.39 is 13.1 Å². The zero-order chi connectivity index (χ0) is 19.4. The van der Waals surface area contributed by atoms with Gasteiger partial charge in [0.15, 0.2) is 0 Å². The van der Waals surface area contributed by atoms with Crippen LogP contribution in [-0.2, 0) is 11.0 Å². The van der Waals surface area contributed by atoms with Crippen LogP contribution in [0.25, 0.3) is 0 Å². The van der Waals surface area contributed by atoms with Crippen molar-refractivity contribution >= 4 is 19.2 Å². The lowest BCUT2D eigenvalue weighted by Gasteiger charge is -2.24. The van der Waals surface area contributed by atoms with Crippen molar-refractivity contribution in [2.75, 3.05) is 6.16 Å². The normalized spacial score (nSPS) is 14.1. The Bertz CT molecular complexity index is 804. The molecule has 7 heteroatoms. The van der Waals surface area contributed by atoms with Gasteiger partial charge >= 0.3 is 7.60 Å². The van der Waals surface area contributed by atoms with Crippen LogP contribution >= 0.6 is 19.2 Å². The Morgan fingerprint density at radius 1 is 1.19 bits per heavy atom. The first kappa shape index (κ1) is 20.9. The van der Waals surface area contributed by atoms with Gasteiger partial charge in [-0.2, -0.15) is 0 Å². The van der Waals surface area contributed by atoms with Crippen LogP contribution in [0.15, 0.2) is 42.5 Å². The zero-order valence-electron chi connectivity index (χ0n) is 15.0. The molecule has 0 aliphatic heterocycles. The van der Waals surface area contributed by atoms with E-state index in [0.717, 1.165) is 16.9 Å². The number of rotatable bonds is 8. The molecule has 0 amide bonds. The summed E-state index contributed by atoms with van der Waals surface area (Å²) in [5, 5.41) is 0.601. The predicted molar refractivity (Wildman–Crippen MR) is 105 cm³/mol. The van der Waals surface area contributed by atoms with Crippen molar-refractivity contribution in [1.82, 2.24) is 0 Å². The van der Waals surface area contributed by atoms with Gasteiger partial charge in [0, 0.05) is 10.6 Å². The molecule has 1 atom stereocenters. The van der Waals surface area contributed by atoms with Crippen LogP contribution in [0.2, 0.25) is 5.02 Å². The SMILES string of the molecule is Cc1cccc(Oc2ccc(CCCC(C)(N)CP(=O)(O)O)c(Cl)c2)c1. The van der Waals surface area contributed by atoms with Gasteiger partial charge in [0.05, 0.1) is 6.16 Å². The molecule has 0 bridgehead atoms. The number of ether oxygens (including phenoxy) is 1. The van der Waals surface area contributed by atoms with Gasteiger partial charge in [0.2, 0.25) is 0 Å². The van der Waals surface area contributed by atoms with Gasteiger partial charge in [-0.25, -0.2) is 0 Å². The molecule has 0 saturated heterocycles. The first-order chi connectivity index (χ1) is 12.0. The van der Waals surface area contributed by atoms with Gasteiger partial charge in [-0.1, -0.05) is 29.8 Å². The lowest BCUT2D eigenvalue weighted by molar-refractivity contribution is 0.348. The quantitative estimate of drug-likeness (QED) is 0.563. The average Bonchev–Trinajstić information content (AvgIpc) is 2.47. The third kappa shape index (κ3) is 7.10. The molecule has 5 nitrogen and oxygen atoms in total. The highest BCUT2D eigenvalue weighted by Crippen LogP contribution is 2.39. The number of nitrogens with two attached hydrogens (primary N) is 1. The fraction of sp³-hybridized carbons (Fsp3) is 0.368. The zero-order valence-corrected chi connectivity index (χ0v) is 16.6. The number of aryl methyl sites for hydroxylation is 2. The summed E-state index contributed by atoms with van der Waals surface area (Å²) in [5.74, 6) is 1.42. The van der Waals surface area contributed by atoms with Crippen LogP contribution in [0.3, 0.4) is 0 Å². The van der Waals surface area contributed by atoms with Crippen molar-refractivity contribution in [2.24, 2.45) is 5.73 Å². The van der Waals surface area contributed by atoms with Crippen LogP contribution in [0.4, 0.5) is 0 Å². The first-order valence-corrected chi connectivity index (χ1v) is 10.6. The van der Waals surface area contributed by atoms with Gasteiger partial charge < -0.3 is 20.3 Å². The number of hydrogen-bond donors (Lipinski definition) is 3. The molecule has 0 spiro atoms. The molecule has 26 heavy (non-hydrogen) atoms. The fourth-order valence-electron chi connectivity index (χ4n) is 2.84. The maximum atomic E-state index is 11.1. The van der Waals surface area contributed by atoms with Crippen LogP contribution < -0.4 is 10.5 Å².